The van der Waals surface area contributed by atoms with Gasteiger partial charge in [0.25, 0.3) is 0 Å². The highest BCUT2D eigenvalue weighted by molar-refractivity contribution is 6.27. The second-order valence-electron chi connectivity index (χ2n) is 2.92. The van der Waals surface area contributed by atoms with E-state index < -0.39 is 5.97 Å². The van der Waals surface area contributed by atoms with Crippen molar-refractivity contribution in [1.82, 2.24) is 0 Å². The zero-order valence-corrected chi connectivity index (χ0v) is 7.61. The molecule has 3 heteroatoms. The number of carbonyl (C=O) groups is 2. The first-order valence-corrected chi connectivity index (χ1v) is 4.26. The van der Waals surface area contributed by atoms with Crippen molar-refractivity contribution in [2.75, 3.05) is 0 Å². The number of Topliss-reactive ketones (excluding diaryl/α,β-unsaturated/α-hetero) is 1. The molecule has 1 aromatic rings. The zero-order valence-electron chi connectivity index (χ0n) is 7.61. The van der Waals surface area contributed by atoms with Crippen LogP contribution in [0.25, 0.3) is 0 Å². The van der Waals surface area contributed by atoms with Gasteiger partial charge in [-0.3, -0.25) is 4.79 Å². The summed E-state index contributed by atoms with van der Waals surface area (Å²) in [6.45, 7) is 1.64. The minimum Gasteiger partial charge on any atom is -0.422 e. The highest BCUT2D eigenvalue weighted by Gasteiger charge is 2.29. The van der Waals surface area contributed by atoms with Crippen molar-refractivity contribution in [3.8, 4) is 5.75 Å². The largest absolute Gasteiger partial charge is 0.422 e. The number of benzene rings is 1. The van der Waals surface area contributed by atoms with Crippen LogP contribution in [0, 0.1) is 0 Å². The monoisotopic (exact) mass is 188 g/mol. The first-order valence-electron chi connectivity index (χ1n) is 4.26. The first-order chi connectivity index (χ1) is 6.74. The van der Waals surface area contributed by atoms with Gasteiger partial charge in [-0.05, 0) is 19.1 Å². The van der Waals surface area contributed by atoms with E-state index in [-0.39, 0.29) is 11.4 Å². The lowest BCUT2D eigenvalue weighted by atomic mass is 10.00. The number of carbonyl (C=O) groups excluding carboxylic acids is 2. The summed E-state index contributed by atoms with van der Waals surface area (Å²) in [5.74, 6) is -0.497. The molecule has 0 radical (unpaired) electrons. The van der Waals surface area contributed by atoms with E-state index in [9.17, 15) is 9.59 Å². The summed E-state index contributed by atoms with van der Waals surface area (Å²) in [6, 6.07) is 6.72. The molecule has 70 valence electrons. The molecule has 0 bridgehead atoms. The molecule has 0 N–H and O–H groups in total. The summed E-state index contributed by atoms with van der Waals surface area (Å²) < 4.78 is 4.98. The zero-order chi connectivity index (χ0) is 10.1. The third kappa shape index (κ3) is 1.14. The third-order valence-electron chi connectivity index (χ3n) is 2.09. The van der Waals surface area contributed by atoms with Gasteiger partial charge in [0.2, 0.25) is 5.78 Å². The van der Waals surface area contributed by atoms with E-state index in [1.54, 1.807) is 31.2 Å². The molecule has 14 heavy (non-hydrogen) atoms. The number of fused-ring (bicyclic) bond motifs is 1. The maximum absolute atomic E-state index is 11.7. The fraction of sp³-hybridized carbons (Fsp3) is 0.0909. The molecule has 0 saturated heterocycles. The smallest absolute Gasteiger partial charge is 0.347 e. The van der Waals surface area contributed by atoms with Crippen LogP contribution in [0.4, 0.5) is 0 Å². The average Bonchev–Trinajstić information content (AvgIpc) is 2.18. The van der Waals surface area contributed by atoms with Crippen molar-refractivity contribution in [3.05, 3.63) is 41.5 Å². The highest BCUT2D eigenvalue weighted by atomic mass is 16.5. The van der Waals surface area contributed by atoms with Crippen LogP contribution in [0.15, 0.2) is 35.9 Å². The van der Waals surface area contributed by atoms with E-state index >= 15 is 0 Å². The Hall–Kier alpha value is -1.90. The van der Waals surface area contributed by atoms with Crippen molar-refractivity contribution in [3.63, 3.8) is 0 Å². The Morgan fingerprint density at radius 2 is 1.93 bits per heavy atom. The van der Waals surface area contributed by atoms with E-state index in [4.69, 9.17) is 4.74 Å². The predicted octanol–water partition coefficient (Wildman–Crippen LogP) is 1.73. The molecule has 0 aliphatic carbocycles. The van der Waals surface area contributed by atoms with Crippen LogP contribution < -0.4 is 4.74 Å². The lowest BCUT2D eigenvalue weighted by Gasteiger charge is -2.15. The second-order valence-corrected chi connectivity index (χ2v) is 2.92. The van der Waals surface area contributed by atoms with Gasteiger partial charge in [-0.1, -0.05) is 18.2 Å². The Balaban J connectivity index is 2.60. The molecule has 0 spiro atoms. The van der Waals surface area contributed by atoms with Gasteiger partial charge in [0.15, 0.2) is 0 Å². The Labute approximate surface area is 81.0 Å². The molecule has 0 aromatic heterocycles. The van der Waals surface area contributed by atoms with E-state index in [0.717, 1.165) is 0 Å². The number of hydrogen-bond donors (Lipinski definition) is 0. The van der Waals surface area contributed by atoms with Crippen LogP contribution in [0.2, 0.25) is 0 Å². The summed E-state index contributed by atoms with van der Waals surface area (Å²) >= 11 is 0. The molecule has 2 rings (SSSR count). The summed E-state index contributed by atoms with van der Waals surface area (Å²) in [5.41, 5.74) is 0.545. The standard InChI is InChI=1S/C11H8O3/c1-2-7-10(12)8-5-3-4-6-9(8)14-11(7)13/h2-6H,1H3/b7-2-. The summed E-state index contributed by atoms with van der Waals surface area (Å²) in [7, 11) is 0. The molecule has 1 heterocycles. The SMILES string of the molecule is C/C=C1\C(=O)Oc2ccccc2C1=O. The predicted molar refractivity (Wildman–Crippen MR) is 50.2 cm³/mol. The number of ketones is 1. The topological polar surface area (TPSA) is 43.4 Å². The van der Waals surface area contributed by atoms with E-state index in [2.05, 4.69) is 0 Å². The summed E-state index contributed by atoms with van der Waals surface area (Å²) in [6.07, 6.45) is 1.47. The van der Waals surface area contributed by atoms with Crippen molar-refractivity contribution in [2.24, 2.45) is 0 Å². The van der Waals surface area contributed by atoms with Crippen molar-refractivity contribution >= 4 is 11.8 Å². The maximum Gasteiger partial charge on any atom is 0.347 e. The van der Waals surface area contributed by atoms with Crippen LogP contribution >= 0.6 is 0 Å². The van der Waals surface area contributed by atoms with Crippen LogP contribution in [0.1, 0.15) is 17.3 Å². The summed E-state index contributed by atoms with van der Waals surface area (Å²) in [5, 5.41) is 0. The molecule has 0 saturated carbocycles. The highest BCUT2D eigenvalue weighted by Crippen LogP contribution is 2.26. The lowest BCUT2D eigenvalue weighted by molar-refractivity contribution is -0.130. The maximum atomic E-state index is 11.7. The van der Waals surface area contributed by atoms with Crippen LogP contribution in [-0.4, -0.2) is 11.8 Å². The molecule has 1 aliphatic rings. The molecule has 0 fully saturated rings. The van der Waals surface area contributed by atoms with Gasteiger partial charge in [0.1, 0.15) is 11.3 Å². The van der Waals surface area contributed by atoms with Crippen LogP contribution in [0.3, 0.4) is 0 Å². The molecule has 0 atom stereocenters. The van der Waals surface area contributed by atoms with E-state index in [1.165, 1.54) is 6.08 Å². The van der Waals surface area contributed by atoms with Gasteiger partial charge in [0, 0.05) is 0 Å². The van der Waals surface area contributed by atoms with Gasteiger partial charge >= 0.3 is 5.97 Å². The molecule has 0 amide bonds. The molecule has 1 aromatic carbocycles. The summed E-state index contributed by atoms with van der Waals surface area (Å²) in [4.78, 5) is 23.0. The van der Waals surface area contributed by atoms with Gasteiger partial charge in [-0.15, -0.1) is 0 Å². The average molecular weight is 188 g/mol. The van der Waals surface area contributed by atoms with Crippen LogP contribution in [-0.2, 0) is 4.79 Å². The Kier molecular flexibility index (Phi) is 1.93. The van der Waals surface area contributed by atoms with E-state index in [0.29, 0.717) is 11.3 Å². The number of ether oxygens (including phenoxy) is 1. The normalized spacial score (nSPS) is 17.9. The van der Waals surface area contributed by atoms with Crippen LogP contribution in [0.5, 0.6) is 5.75 Å². The number of hydrogen-bond acceptors (Lipinski definition) is 3. The first kappa shape index (κ1) is 8.69. The lowest BCUT2D eigenvalue weighted by Crippen LogP contribution is -2.24. The molecule has 0 unspecified atom stereocenters. The fourth-order valence-electron chi connectivity index (χ4n) is 1.38. The molecule has 3 nitrogen and oxygen atoms in total. The van der Waals surface area contributed by atoms with Crippen molar-refractivity contribution < 1.29 is 14.3 Å². The third-order valence-corrected chi connectivity index (χ3v) is 2.09. The Morgan fingerprint density at radius 3 is 2.64 bits per heavy atom. The molecular formula is C11H8O3. The van der Waals surface area contributed by atoms with Gasteiger partial charge in [-0.25, -0.2) is 4.79 Å². The Bertz CT molecular complexity index is 444. The van der Waals surface area contributed by atoms with Gasteiger partial charge in [0.05, 0.1) is 5.56 Å². The number of rotatable bonds is 0. The minimum atomic E-state index is -0.573. The van der Waals surface area contributed by atoms with E-state index in [1.807, 2.05) is 0 Å². The minimum absolute atomic E-state index is 0.101. The number of esters is 1. The number of allylic oxidation sites excluding steroid dienone is 1. The Morgan fingerprint density at radius 1 is 1.21 bits per heavy atom. The molecular weight excluding hydrogens is 180 g/mol. The van der Waals surface area contributed by atoms with Crippen molar-refractivity contribution in [1.29, 1.82) is 0 Å². The van der Waals surface area contributed by atoms with Gasteiger partial charge < -0.3 is 4.74 Å². The fourth-order valence-corrected chi connectivity index (χ4v) is 1.38. The van der Waals surface area contributed by atoms with Gasteiger partial charge in [-0.2, -0.15) is 0 Å². The molecule has 1 aliphatic heterocycles. The quantitative estimate of drug-likeness (QED) is 0.269. The number of para-hydroxylation sites is 1. The van der Waals surface area contributed by atoms with Crippen molar-refractivity contribution in [2.45, 2.75) is 6.92 Å². The second kappa shape index (κ2) is 3.10.